The number of ketones is 1. The minimum Gasteiger partial charge on any atom is -0.461 e. The lowest BCUT2D eigenvalue weighted by molar-refractivity contribution is -0.134. The standard InChI is InChI=1S/C10H10N2O3/c1-2-15-10(14)8-3-4-12-6-7(13)5-9(12)11-8/h3-5H,2,6H2,1H3. The van der Waals surface area contributed by atoms with Gasteiger partial charge in [0.05, 0.1) is 13.2 Å². The Hall–Kier alpha value is -1.91. The van der Waals surface area contributed by atoms with Crippen molar-refractivity contribution >= 4 is 17.5 Å². The molecule has 78 valence electrons. The van der Waals surface area contributed by atoms with Gasteiger partial charge in [-0.3, -0.25) is 4.79 Å². The van der Waals surface area contributed by atoms with E-state index in [1.807, 2.05) is 0 Å². The van der Waals surface area contributed by atoms with E-state index in [0.29, 0.717) is 19.0 Å². The molecule has 2 heterocycles. The van der Waals surface area contributed by atoms with E-state index in [1.165, 1.54) is 6.08 Å². The number of hydrogen-bond acceptors (Lipinski definition) is 5. The molecular weight excluding hydrogens is 196 g/mol. The molecule has 2 rings (SSSR count). The minimum absolute atomic E-state index is 0.0106. The molecule has 0 unspecified atom stereocenters. The third-order valence-corrected chi connectivity index (χ3v) is 2.04. The molecule has 0 bridgehead atoms. The van der Waals surface area contributed by atoms with E-state index in [4.69, 9.17) is 4.74 Å². The van der Waals surface area contributed by atoms with Gasteiger partial charge < -0.3 is 9.64 Å². The molecule has 2 aliphatic rings. The number of nitrogens with zero attached hydrogens (tertiary/aromatic N) is 2. The minimum atomic E-state index is -0.464. The molecule has 5 nitrogen and oxygen atoms in total. The van der Waals surface area contributed by atoms with Gasteiger partial charge >= 0.3 is 5.97 Å². The van der Waals surface area contributed by atoms with Crippen LogP contribution in [0.1, 0.15) is 6.92 Å². The highest BCUT2D eigenvalue weighted by atomic mass is 16.5. The molecule has 15 heavy (non-hydrogen) atoms. The predicted octanol–water partition coefficient (Wildman–Crippen LogP) is 0.244. The lowest BCUT2D eigenvalue weighted by Gasteiger charge is -2.17. The van der Waals surface area contributed by atoms with Gasteiger partial charge in [0, 0.05) is 12.3 Å². The number of carbonyl (C=O) groups is 2. The molecule has 0 aromatic carbocycles. The van der Waals surface area contributed by atoms with Gasteiger partial charge in [-0.2, -0.15) is 0 Å². The molecule has 0 aromatic rings. The van der Waals surface area contributed by atoms with E-state index in [0.717, 1.165) is 0 Å². The average Bonchev–Trinajstić information content (AvgIpc) is 2.57. The summed E-state index contributed by atoms with van der Waals surface area (Å²) in [5.41, 5.74) is 0.231. The van der Waals surface area contributed by atoms with Crippen LogP contribution in [-0.2, 0) is 14.3 Å². The van der Waals surface area contributed by atoms with Crippen LogP contribution in [0.5, 0.6) is 0 Å². The van der Waals surface area contributed by atoms with Crippen molar-refractivity contribution in [1.29, 1.82) is 0 Å². The zero-order valence-electron chi connectivity index (χ0n) is 8.27. The van der Waals surface area contributed by atoms with E-state index in [2.05, 4.69) is 4.99 Å². The summed E-state index contributed by atoms with van der Waals surface area (Å²) in [6, 6.07) is 0. The zero-order valence-corrected chi connectivity index (χ0v) is 8.27. The van der Waals surface area contributed by atoms with Crippen molar-refractivity contribution in [3.8, 4) is 0 Å². The first kappa shape index (κ1) is 9.64. The Labute approximate surface area is 86.7 Å². The van der Waals surface area contributed by atoms with Crippen molar-refractivity contribution in [3.63, 3.8) is 0 Å². The fraction of sp³-hybridized carbons (Fsp3) is 0.300. The molecule has 0 saturated heterocycles. The molecule has 0 saturated carbocycles. The number of hydrogen-bond donors (Lipinski definition) is 0. The SMILES string of the molecule is CCOC(=O)C1=NC2=CC(=O)CN2C=C1. The molecule has 0 aliphatic carbocycles. The Kier molecular flexibility index (Phi) is 2.37. The highest BCUT2D eigenvalue weighted by Crippen LogP contribution is 2.18. The molecule has 0 spiro atoms. The Morgan fingerprint density at radius 2 is 2.47 bits per heavy atom. The first-order valence-corrected chi connectivity index (χ1v) is 4.66. The van der Waals surface area contributed by atoms with Gasteiger partial charge in [-0.05, 0) is 13.0 Å². The summed E-state index contributed by atoms with van der Waals surface area (Å²) in [5, 5.41) is 0. The van der Waals surface area contributed by atoms with Gasteiger partial charge in [-0.1, -0.05) is 0 Å². The Balaban J connectivity index is 2.20. The second-order valence-electron chi connectivity index (χ2n) is 3.13. The van der Waals surface area contributed by atoms with E-state index in [1.54, 1.807) is 24.1 Å². The monoisotopic (exact) mass is 206 g/mol. The fourth-order valence-corrected chi connectivity index (χ4v) is 1.39. The van der Waals surface area contributed by atoms with Crippen LogP contribution in [0, 0.1) is 0 Å². The van der Waals surface area contributed by atoms with Gasteiger partial charge in [0.25, 0.3) is 0 Å². The van der Waals surface area contributed by atoms with Gasteiger partial charge in [0.2, 0.25) is 0 Å². The normalized spacial score (nSPS) is 18.5. The Bertz CT molecular complexity index is 407. The number of aliphatic imine (C=N–C) groups is 1. The highest BCUT2D eigenvalue weighted by molar-refractivity contribution is 6.41. The first-order chi connectivity index (χ1) is 7.20. The average molecular weight is 206 g/mol. The maximum Gasteiger partial charge on any atom is 0.357 e. The van der Waals surface area contributed by atoms with Crippen LogP contribution in [0.2, 0.25) is 0 Å². The summed E-state index contributed by atoms with van der Waals surface area (Å²) in [6.07, 6.45) is 4.63. The predicted molar refractivity (Wildman–Crippen MR) is 53.0 cm³/mol. The number of fused-ring (bicyclic) bond motifs is 1. The van der Waals surface area contributed by atoms with Crippen LogP contribution in [0.25, 0.3) is 0 Å². The summed E-state index contributed by atoms with van der Waals surface area (Å²) in [6.45, 7) is 2.34. The van der Waals surface area contributed by atoms with E-state index >= 15 is 0 Å². The van der Waals surface area contributed by atoms with Crippen molar-refractivity contribution in [2.24, 2.45) is 4.99 Å². The molecule has 0 fully saturated rings. The summed E-state index contributed by atoms with van der Waals surface area (Å²) in [5.74, 6) is 0.0303. The van der Waals surface area contributed by atoms with Gasteiger partial charge in [0.15, 0.2) is 11.5 Å². The van der Waals surface area contributed by atoms with Gasteiger partial charge in [-0.25, -0.2) is 9.79 Å². The lowest BCUT2D eigenvalue weighted by atomic mass is 10.3. The number of esters is 1. The number of ether oxygens (including phenoxy) is 1. The molecule has 0 aromatic heterocycles. The third-order valence-electron chi connectivity index (χ3n) is 2.04. The van der Waals surface area contributed by atoms with Crippen molar-refractivity contribution in [2.45, 2.75) is 6.92 Å². The molecule has 0 amide bonds. The van der Waals surface area contributed by atoms with Crippen LogP contribution in [0.3, 0.4) is 0 Å². The van der Waals surface area contributed by atoms with Gasteiger partial charge in [-0.15, -0.1) is 0 Å². The molecule has 0 N–H and O–H groups in total. The van der Waals surface area contributed by atoms with E-state index in [9.17, 15) is 9.59 Å². The van der Waals surface area contributed by atoms with Crippen LogP contribution >= 0.6 is 0 Å². The third kappa shape index (κ3) is 1.81. The molecular formula is C10H10N2O3. The van der Waals surface area contributed by atoms with Crippen molar-refractivity contribution in [3.05, 3.63) is 24.2 Å². The van der Waals surface area contributed by atoms with Crippen molar-refractivity contribution in [1.82, 2.24) is 4.90 Å². The molecule has 2 aliphatic heterocycles. The number of carbonyl (C=O) groups excluding carboxylic acids is 2. The second kappa shape index (κ2) is 3.68. The Morgan fingerprint density at radius 3 is 3.20 bits per heavy atom. The maximum atomic E-state index is 11.3. The van der Waals surface area contributed by atoms with Crippen LogP contribution in [0.15, 0.2) is 29.2 Å². The fourth-order valence-electron chi connectivity index (χ4n) is 1.39. The summed E-state index contributed by atoms with van der Waals surface area (Å²) >= 11 is 0. The maximum absolute atomic E-state index is 11.3. The quantitative estimate of drug-likeness (QED) is 0.607. The Morgan fingerprint density at radius 1 is 1.67 bits per heavy atom. The van der Waals surface area contributed by atoms with Crippen LogP contribution in [0.4, 0.5) is 0 Å². The topological polar surface area (TPSA) is 59.0 Å². The van der Waals surface area contributed by atoms with Crippen molar-refractivity contribution < 1.29 is 14.3 Å². The summed E-state index contributed by atoms with van der Waals surface area (Å²) < 4.78 is 4.81. The van der Waals surface area contributed by atoms with Crippen LogP contribution < -0.4 is 0 Å². The smallest absolute Gasteiger partial charge is 0.357 e. The van der Waals surface area contributed by atoms with E-state index in [-0.39, 0.29) is 11.5 Å². The first-order valence-electron chi connectivity index (χ1n) is 4.66. The number of rotatable bonds is 2. The van der Waals surface area contributed by atoms with Gasteiger partial charge in [0.1, 0.15) is 5.82 Å². The summed E-state index contributed by atoms with van der Waals surface area (Å²) in [7, 11) is 0. The van der Waals surface area contributed by atoms with Crippen LogP contribution in [-0.4, -0.2) is 35.5 Å². The van der Waals surface area contributed by atoms with E-state index < -0.39 is 5.97 Å². The lowest BCUT2D eigenvalue weighted by Crippen LogP contribution is -2.23. The van der Waals surface area contributed by atoms with Crippen molar-refractivity contribution in [2.75, 3.05) is 13.2 Å². The second-order valence-corrected chi connectivity index (χ2v) is 3.13. The highest BCUT2D eigenvalue weighted by Gasteiger charge is 2.24. The summed E-state index contributed by atoms with van der Waals surface area (Å²) in [4.78, 5) is 28.1. The molecule has 0 radical (unpaired) electrons. The largest absolute Gasteiger partial charge is 0.461 e. The molecule has 0 atom stereocenters. The molecule has 5 heteroatoms. The zero-order chi connectivity index (χ0) is 10.8.